The van der Waals surface area contributed by atoms with E-state index >= 15 is 0 Å². The average Bonchev–Trinajstić information content (AvgIpc) is 3.07. The molecular weight excluding hydrogens is 420 g/mol. The molecule has 3 N–H and O–H groups in total. The van der Waals surface area contributed by atoms with Gasteiger partial charge in [-0.1, -0.05) is 25.1 Å². The van der Waals surface area contributed by atoms with E-state index in [0.29, 0.717) is 28.8 Å². The number of carboxylic acids is 1. The van der Waals surface area contributed by atoms with Gasteiger partial charge in [0.05, 0.1) is 6.10 Å². The second-order valence-electron chi connectivity index (χ2n) is 9.91. The third-order valence-corrected chi connectivity index (χ3v) is 9.57. The van der Waals surface area contributed by atoms with Crippen LogP contribution in [-0.2, 0) is 11.2 Å². The molecule has 168 valence electrons. The summed E-state index contributed by atoms with van der Waals surface area (Å²) in [5.41, 5.74) is 3.52. The third kappa shape index (κ3) is 3.75. The predicted octanol–water partition coefficient (Wildman–Crippen LogP) is 5.48. The molecule has 0 radical (unpaired) electrons. The van der Waals surface area contributed by atoms with Crippen molar-refractivity contribution in [1.82, 2.24) is 0 Å². The number of phenolic OH excluding ortho intramolecular Hbond substituents is 1. The number of carbonyl (C=O) groups is 1. The summed E-state index contributed by atoms with van der Waals surface area (Å²) < 4.78 is 0. The van der Waals surface area contributed by atoms with Crippen molar-refractivity contribution in [2.75, 3.05) is 0 Å². The first-order valence-corrected chi connectivity index (χ1v) is 12.4. The molecule has 5 rings (SSSR count). The number of rotatable bonds is 4. The Kier molecular flexibility index (Phi) is 5.58. The number of aliphatic carboxylic acids is 1. The van der Waals surface area contributed by atoms with E-state index in [4.69, 9.17) is 5.11 Å². The average molecular weight is 451 g/mol. The molecule has 0 aromatic heterocycles. The molecule has 0 bridgehead atoms. The molecule has 6 atom stereocenters. The maximum absolute atomic E-state index is 10.8. The Morgan fingerprint density at radius 2 is 1.91 bits per heavy atom. The molecule has 2 aromatic carbocycles. The van der Waals surface area contributed by atoms with Gasteiger partial charge in [-0.25, -0.2) is 4.79 Å². The Hall–Kier alpha value is -2.24. The summed E-state index contributed by atoms with van der Waals surface area (Å²) in [6.07, 6.45) is 7.60. The summed E-state index contributed by atoms with van der Waals surface area (Å²) in [7, 11) is 0. The van der Waals surface area contributed by atoms with E-state index in [9.17, 15) is 15.0 Å². The van der Waals surface area contributed by atoms with E-state index in [1.165, 1.54) is 16.0 Å². The lowest BCUT2D eigenvalue weighted by molar-refractivity contribution is -0.131. The molecule has 0 spiro atoms. The Labute approximate surface area is 193 Å². The topological polar surface area (TPSA) is 77.8 Å². The van der Waals surface area contributed by atoms with E-state index in [1.54, 1.807) is 6.08 Å². The third-order valence-electron chi connectivity index (χ3n) is 8.24. The van der Waals surface area contributed by atoms with Crippen molar-refractivity contribution in [2.45, 2.75) is 61.2 Å². The molecule has 0 heterocycles. The van der Waals surface area contributed by atoms with Crippen LogP contribution in [0.5, 0.6) is 5.75 Å². The van der Waals surface area contributed by atoms with Crippen molar-refractivity contribution in [3.8, 4) is 5.75 Å². The number of hydrogen-bond acceptors (Lipinski definition) is 4. The minimum Gasteiger partial charge on any atom is -0.508 e. The minimum atomic E-state index is -0.947. The molecule has 2 aromatic rings. The van der Waals surface area contributed by atoms with Gasteiger partial charge in [0.15, 0.2) is 0 Å². The van der Waals surface area contributed by atoms with Crippen molar-refractivity contribution >= 4 is 23.8 Å². The lowest BCUT2D eigenvalue weighted by Gasteiger charge is -2.52. The van der Waals surface area contributed by atoms with Crippen LogP contribution >= 0.6 is 11.8 Å². The van der Waals surface area contributed by atoms with Crippen molar-refractivity contribution in [3.63, 3.8) is 0 Å². The summed E-state index contributed by atoms with van der Waals surface area (Å²) in [6, 6.07) is 14.0. The Morgan fingerprint density at radius 3 is 2.66 bits per heavy atom. The lowest BCUT2D eigenvalue weighted by Crippen LogP contribution is -2.48. The molecule has 5 heteroatoms. The summed E-state index contributed by atoms with van der Waals surface area (Å²) in [4.78, 5) is 12.0. The molecule has 4 unspecified atom stereocenters. The highest BCUT2D eigenvalue weighted by Gasteiger charge is 2.56. The summed E-state index contributed by atoms with van der Waals surface area (Å²) >= 11 is 1.90. The van der Waals surface area contributed by atoms with E-state index in [2.05, 4.69) is 25.1 Å². The van der Waals surface area contributed by atoms with Crippen LogP contribution < -0.4 is 0 Å². The normalized spacial score (nSPS) is 33.5. The quantitative estimate of drug-likeness (QED) is 0.538. The number of aliphatic hydroxyl groups is 1. The van der Waals surface area contributed by atoms with Gasteiger partial charge in [0.1, 0.15) is 5.75 Å². The monoisotopic (exact) mass is 450 g/mol. The van der Waals surface area contributed by atoms with Crippen LogP contribution in [-0.4, -0.2) is 32.6 Å². The van der Waals surface area contributed by atoms with Crippen LogP contribution in [0, 0.1) is 17.3 Å². The fraction of sp³-hybridized carbons (Fsp3) is 0.444. The van der Waals surface area contributed by atoms with Crippen LogP contribution in [0.25, 0.3) is 6.08 Å². The molecule has 2 fully saturated rings. The van der Waals surface area contributed by atoms with E-state index in [0.717, 1.165) is 43.7 Å². The van der Waals surface area contributed by atoms with Gasteiger partial charge in [-0.05, 0) is 102 Å². The number of thioether (sulfide) groups is 1. The van der Waals surface area contributed by atoms with Crippen LogP contribution in [0.15, 0.2) is 53.4 Å². The van der Waals surface area contributed by atoms with Crippen LogP contribution in [0.4, 0.5) is 0 Å². The van der Waals surface area contributed by atoms with Crippen molar-refractivity contribution < 1.29 is 20.1 Å². The summed E-state index contributed by atoms with van der Waals surface area (Å²) in [6.45, 7) is 2.29. The zero-order chi connectivity index (χ0) is 22.5. The smallest absolute Gasteiger partial charge is 0.328 e. The second-order valence-corrected chi connectivity index (χ2v) is 11.2. The van der Waals surface area contributed by atoms with Gasteiger partial charge in [-0.3, -0.25) is 0 Å². The number of phenols is 1. The second kappa shape index (κ2) is 8.27. The molecular formula is C27H30O4S. The molecule has 4 nitrogen and oxygen atoms in total. The molecule has 32 heavy (non-hydrogen) atoms. The molecule has 2 saturated carbocycles. The fourth-order valence-corrected chi connectivity index (χ4v) is 8.09. The number of fused-ring (bicyclic) bond motifs is 5. The Balaban J connectivity index is 1.47. The first kappa shape index (κ1) is 21.6. The molecule has 3 aliphatic rings. The standard InChI is InChI=1S/C27H30O4S/c1-27-13-12-21-20-8-5-18(28)14-17(20)15-23(26(21)22(27)9-10-24(27)29)32-19-6-2-16(3-7-19)4-11-25(30)31/h2-8,11,14,21-24,26,28-29H,9-10,12-13,15H2,1H3,(H,30,31)/b11-4+/t21?,22?,23?,24-,26?,27-/m0/s1. The zero-order valence-corrected chi connectivity index (χ0v) is 19.1. The first-order valence-electron chi connectivity index (χ1n) is 11.5. The maximum Gasteiger partial charge on any atom is 0.328 e. The van der Waals surface area contributed by atoms with Crippen molar-refractivity contribution in [3.05, 3.63) is 65.2 Å². The number of hydrogen-bond donors (Lipinski definition) is 3. The highest BCUT2D eigenvalue weighted by Crippen LogP contribution is 2.62. The first-order chi connectivity index (χ1) is 15.3. The van der Waals surface area contributed by atoms with Gasteiger partial charge in [-0.15, -0.1) is 11.8 Å². The molecule has 0 aliphatic heterocycles. The molecule has 0 amide bonds. The summed E-state index contributed by atoms with van der Waals surface area (Å²) in [5.74, 6) is 0.862. The molecule has 3 aliphatic carbocycles. The van der Waals surface area contributed by atoms with Gasteiger partial charge in [0.2, 0.25) is 0 Å². The van der Waals surface area contributed by atoms with Gasteiger partial charge in [0, 0.05) is 16.2 Å². The van der Waals surface area contributed by atoms with Gasteiger partial charge >= 0.3 is 5.97 Å². The van der Waals surface area contributed by atoms with Crippen LogP contribution in [0.1, 0.15) is 55.2 Å². The van der Waals surface area contributed by atoms with Crippen molar-refractivity contribution in [2.24, 2.45) is 17.3 Å². The van der Waals surface area contributed by atoms with E-state index < -0.39 is 5.97 Å². The van der Waals surface area contributed by atoms with E-state index in [1.807, 2.05) is 36.0 Å². The number of aromatic hydroxyl groups is 1. The van der Waals surface area contributed by atoms with Gasteiger partial charge < -0.3 is 15.3 Å². The fourth-order valence-electron chi connectivity index (χ4n) is 6.65. The number of aliphatic hydroxyl groups excluding tert-OH is 1. The molecule has 0 saturated heterocycles. The predicted molar refractivity (Wildman–Crippen MR) is 127 cm³/mol. The Bertz CT molecular complexity index is 1050. The van der Waals surface area contributed by atoms with Crippen LogP contribution in [0.2, 0.25) is 0 Å². The van der Waals surface area contributed by atoms with Gasteiger partial charge in [-0.2, -0.15) is 0 Å². The van der Waals surface area contributed by atoms with Crippen molar-refractivity contribution in [1.29, 1.82) is 0 Å². The lowest BCUT2D eigenvalue weighted by atomic mass is 9.55. The van der Waals surface area contributed by atoms with Crippen LogP contribution in [0.3, 0.4) is 0 Å². The summed E-state index contributed by atoms with van der Waals surface area (Å²) in [5, 5.41) is 30.2. The number of carboxylic acid groups (broad SMARTS) is 1. The largest absolute Gasteiger partial charge is 0.508 e. The maximum atomic E-state index is 10.8. The SMILES string of the molecule is C[C@]12CCC3c4ccc(O)cc4CC(Sc4ccc(/C=C/C(=O)O)cc4)C3C1CC[C@@H]2O. The highest BCUT2D eigenvalue weighted by atomic mass is 32.2. The number of benzene rings is 2. The highest BCUT2D eigenvalue weighted by molar-refractivity contribution is 8.00. The zero-order valence-electron chi connectivity index (χ0n) is 18.3. The minimum absolute atomic E-state index is 0.000116. The Morgan fingerprint density at radius 1 is 1.12 bits per heavy atom. The van der Waals surface area contributed by atoms with E-state index in [-0.39, 0.29) is 11.5 Å². The van der Waals surface area contributed by atoms with Gasteiger partial charge in [0.25, 0.3) is 0 Å².